The number of nitrogens with zero attached hydrogens (tertiary/aromatic N) is 1. The molecule has 0 bridgehead atoms. The molecule has 1 aromatic heterocycles. The van der Waals surface area contributed by atoms with E-state index in [2.05, 4.69) is 4.98 Å². The predicted molar refractivity (Wildman–Crippen MR) is 76.1 cm³/mol. The third-order valence-corrected chi connectivity index (χ3v) is 2.65. The fourth-order valence-corrected chi connectivity index (χ4v) is 1.65. The maximum Gasteiger partial charge on any atom is 0.343 e. The van der Waals surface area contributed by atoms with E-state index in [4.69, 9.17) is 26.8 Å². The van der Waals surface area contributed by atoms with Crippen LogP contribution in [-0.2, 0) is 4.74 Å². The van der Waals surface area contributed by atoms with Crippen LogP contribution in [0.15, 0.2) is 36.5 Å². The molecule has 1 aromatic carbocycles. The molecule has 2 rings (SSSR count). The molecule has 0 saturated carbocycles. The second-order valence-corrected chi connectivity index (χ2v) is 4.33. The van der Waals surface area contributed by atoms with Crippen LogP contribution in [0.4, 0.5) is 5.69 Å². The highest BCUT2D eigenvalue weighted by Crippen LogP contribution is 2.26. The number of anilines is 1. The lowest BCUT2D eigenvalue weighted by atomic mass is 10.2. The van der Waals surface area contributed by atoms with E-state index in [0.29, 0.717) is 16.5 Å². The Morgan fingerprint density at radius 1 is 1.35 bits per heavy atom. The van der Waals surface area contributed by atoms with E-state index in [9.17, 15) is 4.79 Å². The van der Waals surface area contributed by atoms with Crippen molar-refractivity contribution >= 4 is 23.3 Å². The van der Waals surface area contributed by atoms with Crippen molar-refractivity contribution in [1.29, 1.82) is 0 Å². The number of nitrogen functional groups attached to an aromatic ring is 1. The summed E-state index contributed by atoms with van der Waals surface area (Å²) in [6.45, 7) is 1.98. The van der Waals surface area contributed by atoms with E-state index >= 15 is 0 Å². The Labute approximate surface area is 121 Å². The van der Waals surface area contributed by atoms with Crippen molar-refractivity contribution in [2.24, 2.45) is 0 Å². The number of hydrogen-bond donors (Lipinski definition) is 1. The zero-order chi connectivity index (χ0) is 14.5. The van der Waals surface area contributed by atoms with Crippen LogP contribution in [-0.4, -0.2) is 17.6 Å². The number of benzene rings is 1. The van der Waals surface area contributed by atoms with Gasteiger partial charge in [-0.05, 0) is 37.3 Å². The monoisotopic (exact) mass is 292 g/mol. The number of pyridine rings is 1. The van der Waals surface area contributed by atoms with Gasteiger partial charge in [-0.3, -0.25) is 0 Å². The van der Waals surface area contributed by atoms with Crippen molar-refractivity contribution < 1.29 is 14.3 Å². The number of ether oxygens (including phenoxy) is 2. The molecule has 0 radical (unpaired) electrons. The van der Waals surface area contributed by atoms with Crippen molar-refractivity contribution in [2.75, 3.05) is 12.3 Å². The van der Waals surface area contributed by atoms with Crippen LogP contribution in [0.2, 0.25) is 5.02 Å². The molecule has 2 N–H and O–H groups in total. The largest absolute Gasteiger partial charge is 0.462 e. The number of rotatable bonds is 4. The van der Waals surface area contributed by atoms with E-state index in [1.54, 1.807) is 31.2 Å². The first-order valence-electron chi connectivity index (χ1n) is 5.96. The molecular weight excluding hydrogens is 280 g/mol. The van der Waals surface area contributed by atoms with E-state index in [1.807, 2.05) is 0 Å². The number of aromatic nitrogens is 1. The highest BCUT2D eigenvalue weighted by molar-refractivity contribution is 6.30. The fraction of sp³-hybridized carbons (Fsp3) is 0.143. The summed E-state index contributed by atoms with van der Waals surface area (Å²) in [4.78, 5) is 15.9. The molecule has 0 atom stereocenters. The first kappa shape index (κ1) is 14.1. The maximum atomic E-state index is 11.8. The lowest BCUT2D eigenvalue weighted by Crippen LogP contribution is -2.08. The molecule has 0 aliphatic heterocycles. The molecule has 104 valence electrons. The third-order valence-electron chi connectivity index (χ3n) is 2.40. The van der Waals surface area contributed by atoms with Gasteiger partial charge in [0.25, 0.3) is 0 Å². The van der Waals surface area contributed by atoms with Gasteiger partial charge in [0, 0.05) is 5.02 Å². The minimum Gasteiger partial charge on any atom is -0.462 e. The van der Waals surface area contributed by atoms with Crippen molar-refractivity contribution in [3.05, 3.63) is 47.1 Å². The maximum absolute atomic E-state index is 11.8. The number of esters is 1. The summed E-state index contributed by atoms with van der Waals surface area (Å²) in [5.41, 5.74) is 6.17. The number of nitrogens with two attached hydrogens (primary N) is 1. The molecule has 0 aliphatic carbocycles. The highest BCUT2D eigenvalue weighted by atomic mass is 35.5. The van der Waals surface area contributed by atoms with Crippen molar-refractivity contribution in [3.63, 3.8) is 0 Å². The van der Waals surface area contributed by atoms with Crippen molar-refractivity contribution in [1.82, 2.24) is 4.98 Å². The Morgan fingerprint density at radius 3 is 2.70 bits per heavy atom. The molecule has 0 saturated heterocycles. The van der Waals surface area contributed by atoms with Crippen LogP contribution in [0.5, 0.6) is 11.6 Å². The molecule has 0 unspecified atom stereocenters. The van der Waals surface area contributed by atoms with Crippen LogP contribution in [0, 0.1) is 0 Å². The second-order valence-electron chi connectivity index (χ2n) is 3.90. The lowest BCUT2D eigenvalue weighted by Gasteiger charge is -2.10. The van der Waals surface area contributed by atoms with E-state index in [1.165, 1.54) is 12.3 Å². The van der Waals surface area contributed by atoms with Crippen LogP contribution in [0.25, 0.3) is 0 Å². The summed E-state index contributed by atoms with van der Waals surface area (Å²) >= 11 is 5.80. The zero-order valence-corrected chi connectivity index (χ0v) is 11.6. The number of carbonyl (C=O) groups excluding carboxylic acids is 1. The van der Waals surface area contributed by atoms with Gasteiger partial charge in [0.15, 0.2) is 0 Å². The second kappa shape index (κ2) is 6.25. The van der Waals surface area contributed by atoms with Crippen molar-refractivity contribution in [3.8, 4) is 11.6 Å². The average molecular weight is 293 g/mol. The molecule has 2 aromatic rings. The lowest BCUT2D eigenvalue weighted by molar-refractivity contribution is 0.0523. The summed E-state index contributed by atoms with van der Waals surface area (Å²) in [6, 6.07) is 8.18. The van der Waals surface area contributed by atoms with Gasteiger partial charge < -0.3 is 15.2 Å². The minimum absolute atomic E-state index is 0.139. The van der Waals surface area contributed by atoms with Gasteiger partial charge in [0.05, 0.1) is 18.5 Å². The number of hydrogen-bond acceptors (Lipinski definition) is 5. The van der Waals surface area contributed by atoms with Crippen LogP contribution >= 0.6 is 11.6 Å². The smallest absolute Gasteiger partial charge is 0.343 e. The zero-order valence-electron chi connectivity index (χ0n) is 10.8. The summed E-state index contributed by atoms with van der Waals surface area (Å²) in [6.07, 6.45) is 1.41. The molecule has 0 aliphatic rings. The first-order chi connectivity index (χ1) is 9.60. The molecule has 1 heterocycles. The van der Waals surface area contributed by atoms with Crippen LogP contribution in [0.1, 0.15) is 17.3 Å². The summed E-state index contributed by atoms with van der Waals surface area (Å²) < 4.78 is 10.5. The standard InChI is InChI=1S/C14H13ClN2O3/c1-2-19-14(18)12-7-10(16)8-17-13(12)20-11-5-3-9(15)4-6-11/h3-8H,2,16H2,1H3. The Morgan fingerprint density at radius 2 is 2.05 bits per heavy atom. The molecular formula is C14H13ClN2O3. The van der Waals surface area contributed by atoms with Gasteiger partial charge in [-0.15, -0.1) is 0 Å². The first-order valence-corrected chi connectivity index (χ1v) is 6.34. The normalized spacial score (nSPS) is 10.1. The Balaban J connectivity index is 2.31. The predicted octanol–water partition coefficient (Wildman–Crippen LogP) is 3.29. The fourth-order valence-electron chi connectivity index (χ4n) is 1.52. The highest BCUT2D eigenvalue weighted by Gasteiger charge is 2.16. The van der Waals surface area contributed by atoms with E-state index in [0.717, 1.165) is 0 Å². The molecule has 6 heteroatoms. The molecule has 0 amide bonds. The van der Waals surface area contributed by atoms with Gasteiger partial charge in [-0.2, -0.15) is 0 Å². The molecule has 0 fully saturated rings. The van der Waals surface area contributed by atoms with E-state index < -0.39 is 5.97 Å². The SMILES string of the molecule is CCOC(=O)c1cc(N)cnc1Oc1ccc(Cl)cc1. The van der Waals surface area contributed by atoms with E-state index in [-0.39, 0.29) is 18.1 Å². The number of halogens is 1. The minimum atomic E-state index is -0.531. The quantitative estimate of drug-likeness (QED) is 0.875. The van der Waals surface area contributed by atoms with Gasteiger partial charge in [-0.1, -0.05) is 11.6 Å². The van der Waals surface area contributed by atoms with Gasteiger partial charge in [-0.25, -0.2) is 9.78 Å². The van der Waals surface area contributed by atoms with Crippen LogP contribution in [0.3, 0.4) is 0 Å². The topological polar surface area (TPSA) is 74.4 Å². The van der Waals surface area contributed by atoms with Gasteiger partial charge >= 0.3 is 5.97 Å². The van der Waals surface area contributed by atoms with Gasteiger partial charge in [0.1, 0.15) is 11.3 Å². The summed E-state index contributed by atoms with van der Waals surface area (Å²) in [5.74, 6) is 0.119. The number of carbonyl (C=O) groups is 1. The molecule has 5 nitrogen and oxygen atoms in total. The van der Waals surface area contributed by atoms with Crippen LogP contribution < -0.4 is 10.5 Å². The van der Waals surface area contributed by atoms with Gasteiger partial charge in [0.2, 0.25) is 5.88 Å². The molecule has 0 spiro atoms. The Bertz CT molecular complexity index is 614. The Hall–Kier alpha value is -2.27. The summed E-state index contributed by atoms with van der Waals surface area (Å²) in [5, 5.41) is 0.591. The third kappa shape index (κ3) is 3.39. The Kier molecular flexibility index (Phi) is 4.42. The average Bonchev–Trinajstić information content (AvgIpc) is 2.43. The van der Waals surface area contributed by atoms with Crippen molar-refractivity contribution in [2.45, 2.75) is 6.92 Å². The summed E-state index contributed by atoms with van der Waals surface area (Å²) in [7, 11) is 0. The molecule has 20 heavy (non-hydrogen) atoms.